The lowest BCUT2D eigenvalue weighted by atomic mass is 10.1. The van der Waals surface area contributed by atoms with Crippen LogP contribution < -0.4 is 15.6 Å². The van der Waals surface area contributed by atoms with Gasteiger partial charge in [-0.1, -0.05) is 24.2 Å². The van der Waals surface area contributed by atoms with Crippen LogP contribution in [0.15, 0.2) is 28.8 Å². The van der Waals surface area contributed by atoms with Crippen LogP contribution in [0.2, 0.25) is 0 Å². The zero-order chi connectivity index (χ0) is 17.5. The van der Waals surface area contributed by atoms with Gasteiger partial charge in [-0.3, -0.25) is 20.4 Å². The number of nitrogens with one attached hydrogen (secondary N) is 2. The average Bonchev–Trinajstić information content (AvgIpc) is 2.98. The monoisotopic (exact) mass is 328 g/mol. The van der Waals surface area contributed by atoms with Crippen molar-refractivity contribution < 1.29 is 18.8 Å². The van der Waals surface area contributed by atoms with Crippen LogP contribution in [0.3, 0.4) is 0 Å². The van der Waals surface area contributed by atoms with Crippen molar-refractivity contribution in [1.82, 2.24) is 16.0 Å². The van der Waals surface area contributed by atoms with Crippen molar-refractivity contribution in [2.45, 2.75) is 20.3 Å². The van der Waals surface area contributed by atoms with E-state index in [2.05, 4.69) is 16.0 Å². The molecule has 1 aromatic carbocycles. The maximum Gasteiger partial charge on any atom is 0.276 e. The number of hydrogen-bond donors (Lipinski definition) is 2. The summed E-state index contributed by atoms with van der Waals surface area (Å²) >= 11 is 0. The van der Waals surface area contributed by atoms with Gasteiger partial charge in [-0.05, 0) is 25.5 Å². The molecule has 2 aromatic rings. The van der Waals surface area contributed by atoms with Crippen LogP contribution in [-0.4, -0.2) is 23.6 Å². The molecule has 0 radical (unpaired) electrons. The zero-order valence-corrected chi connectivity index (χ0v) is 13.3. The van der Waals surface area contributed by atoms with Gasteiger partial charge in [0, 0.05) is 0 Å². The minimum atomic E-state index is -0.566. The van der Waals surface area contributed by atoms with Gasteiger partial charge in [0.25, 0.3) is 11.8 Å². The van der Waals surface area contributed by atoms with E-state index in [1.165, 1.54) is 0 Å². The van der Waals surface area contributed by atoms with Crippen LogP contribution in [0.4, 0.5) is 0 Å². The highest BCUT2D eigenvalue weighted by Gasteiger charge is 2.19. The molecular formula is C16H16N4O4. The van der Waals surface area contributed by atoms with Crippen molar-refractivity contribution in [2.24, 2.45) is 0 Å². The van der Waals surface area contributed by atoms with Gasteiger partial charge in [0.1, 0.15) is 23.1 Å². The molecule has 124 valence electrons. The fraction of sp³-hybridized carbons (Fsp3) is 0.250. The third-order valence-corrected chi connectivity index (χ3v) is 3.18. The van der Waals surface area contributed by atoms with Gasteiger partial charge in [0.05, 0.1) is 11.3 Å². The predicted molar refractivity (Wildman–Crippen MR) is 82.9 cm³/mol. The number of hydrogen-bond acceptors (Lipinski definition) is 6. The Labute approximate surface area is 138 Å². The number of nitriles is 1. The SMILES string of the molecule is CCc1noc(C)c1C(=O)NNC(=O)COc1ccccc1C#N. The molecule has 0 unspecified atom stereocenters. The largest absolute Gasteiger partial charge is 0.482 e. The first-order valence-corrected chi connectivity index (χ1v) is 7.23. The Bertz CT molecular complexity index is 792. The van der Waals surface area contributed by atoms with Crippen molar-refractivity contribution in [3.05, 3.63) is 46.8 Å². The summed E-state index contributed by atoms with van der Waals surface area (Å²) in [5, 5.41) is 12.7. The number of amides is 2. The normalized spacial score (nSPS) is 9.88. The van der Waals surface area contributed by atoms with Crippen molar-refractivity contribution in [1.29, 1.82) is 5.26 Å². The molecule has 2 rings (SSSR count). The second kappa shape index (κ2) is 7.78. The molecule has 0 aliphatic rings. The number of carbonyl (C=O) groups excluding carboxylic acids is 2. The zero-order valence-electron chi connectivity index (χ0n) is 13.3. The van der Waals surface area contributed by atoms with Crippen molar-refractivity contribution in [3.8, 4) is 11.8 Å². The maximum atomic E-state index is 12.1. The molecule has 0 atom stereocenters. The number of nitrogens with zero attached hydrogens (tertiary/aromatic N) is 2. The number of benzene rings is 1. The van der Waals surface area contributed by atoms with Gasteiger partial charge in [-0.15, -0.1) is 0 Å². The molecule has 0 spiro atoms. The van der Waals surface area contributed by atoms with Crippen LogP contribution in [-0.2, 0) is 11.2 Å². The second-order valence-electron chi connectivity index (χ2n) is 4.81. The van der Waals surface area contributed by atoms with Gasteiger partial charge in [0.2, 0.25) is 0 Å². The van der Waals surface area contributed by atoms with E-state index in [9.17, 15) is 9.59 Å². The third kappa shape index (κ3) is 3.89. The van der Waals surface area contributed by atoms with Crippen LogP contribution in [0.1, 0.15) is 34.3 Å². The summed E-state index contributed by atoms with van der Waals surface area (Å²) in [6, 6.07) is 8.51. The van der Waals surface area contributed by atoms with Crippen LogP contribution >= 0.6 is 0 Å². The third-order valence-electron chi connectivity index (χ3n) is 3.18. The highest BCUT2D eigenvalue weighted by atomic mass is 16.5. The van der Waals surface area contributed by atoms with E-state index in [-0.39, 0.29) is 6.61 Å². The van der Waals surface area contributed by atoms with E-state index in [0.717, 1.165) is 0 Å². The van der Waals surface area contributed by atoms with Crippen molar-refractivity contribution in [2.75, 3.05) is 6.61 Å². The first-order chi connectivity index (χ1) is 11.6. The summed E-state index contributed by atoms with van der Waals surface area (Å²) in [7, 11) is 0. The number of rotatable bonds is 5. The minimum Gasteiger partial charge on any atom is -0.482 e. The average molecular weight is 328 g/mol. The summed E-state index contributed by atoms with van der Waals surface area (Å²) in [5.41, 5.74) is 5.66. The summed E-state index contributed by atoms with van der Waals surface area (Å²) in [6.07, 6.45) is 0.530. The number of hydrazine groups is 1. The minimum absolute atomic E-state index is 0.296. The Hall–Kier alpha value is -3.34. The lowest BCUT2D eigenvalue weighted by Crippen LogP contribution is -2.44. The van der Waals surface area contributed by atoms with E-state index in [0.29, 0.717) is 34.8 Å². The molecule has 0 saturated heterocycles. The maximum absolute atomic E-state index is 12.1. The molecule has 24 heavy (non-hydrogen) atoms. The molecule has 0 saturated carbocycles. The number of carbonyl (C=O) groups is 2. The van der Waals surface area contributed by atoms with E-state index in [4.69, 9.17) is 14.5 Å². The standard InChI is InChI=1S/C16H16N4O4/c1-3-12-15(10(2)24-20-12)16(22)19-18-14(21)9-23-13-7-5-4-6-11(13)8-17/h4-7H,3,9H2,1-2H3,(H,18,21)(H,19,22). The Morgan fingerprint density at radius 1 is 1.33 bits per heavy atom. The van der Waals surface area contributed by atoms with Gasteiger partial charge >= 0.3 is 0 Å². The number of aryl methyl sites for hydroxylation is 2. The predicted octanol–water partition coefficient (Wildman–Crippen LogP) is 1.26. The smallest absolute Gasteiger partial charge is 0.276 e. The van der Waals surface area contributed by atoms with Gasteiger partial charge < -0.3 is 9.26 Å². The Morgan fingerprint density at radius 2 is 2.08 bits per heavy atom. The topological polar surface area (TPSA) is 117 Å². The molecule has 0 aliphatic heterocycles. The molecule has 8 heteroatoms. The van der Waals surface area contributed by atoms with E-state index in [1.54, 1.807) is 31.2 Å². The lowest BCUT2D eigenvalue weighted by molar-refractivity contribution is -0.123. The fourth-order valence-corrected chi connectivity index (χ4v) is 2.00. The molecule has 1 heterocycles. The molecule has 1 aromatic heterocycles. The van der Waals surface area contributed by atoms with Gasteiger partial charge in [-0.2, -0.15) is 5.26 Å². The van der Waals surface area contributed by atoms with Crippen LogP contribution in [0.5, 0.6) is 5.75 Å². The Morgan fingerprint density at radius 3 is 2.79 bits per heavy atom. The molecule has 8 nitrogen and oxygen atoms in total. The van der Waals surface area contributed by atoms with Gasteiger partial charge in [0.15, 0.2) is 6.61 Å². The number of para-hydroxylation sites is 1. The molecular weight excluding hydrogens is 312 g/mol. The highest BCUT2D eigenvalue weighted by molar-refractivity contribution is 5.97. The Balaban J connectivity index is 1.88. The van der Waals surface area contributed by atoms with E-state index in [1.807, 2.05) is 13.0 Å². The van der Waals surface area contributed by atoms with E-state index >= 15 is 0 Å². The lowest BCUT2D eigenvalue weighted by Gasteiger charge is -2.09. The fourth-order valence-electron chi connectivity index (χ4n) is 2.00. The van der Waals surface area contributed by atoms with Crippen LogP contribution in [0.25, 0.3) is 0 Å². The quantitative estimate of drug-likeness (QED) is 0.798. The summed E-state index contributed by atoms with van der Waals surface area (Å²) in [6.45, 7) is 3.11. The summed E-state index contributed by atoms with van der Waals surface area (Å²) in [5.74, 6) is -0.415. The summed E-state index contributed by atoms with van der Waals surface area (Å²) < 4.78 is 10.2. The first-order valence-electron chi connectivity index (χ1n) is 7.23. The molecule has 0 fully saturated rings. The highest BCUT2D eigenvalue weighted by Crippen LogP contribution is 2.16. The van der Waals surface area contributed by atoms with Crippen LogP contribution in [0, 0.1) is 18.3 Å². The number of ether oxygens (including phenoxy) is 1. The molecule has 0 bridgehead atoms. The van der Waals surface area contributed by atoms with Crippen molar-refractivity contribution >= 4 is 11.8 Å². The Kier molecular flexibility index (Phi) is 5.52. The molecule has 2 N–H and O–H groups in total. The molecule has 2 amide bonds. The first kappa shape index (κ1) is 17.0. The van der Waals surface area contributed by atoms with Gasteiger partial charge in [-0.25, -0.2) is 0 Å². The van der Waals surface area contributed by atoms with E-state index < -0.39 is 11.8 Å². The molecule has 0 aliphatic carbocycles. The number of aromatic nitrogens is 1. The van der Waals surface area contributed by atoms with Crippen molar-refractivity contribution in [3.63, 3.8) is 0 Å². The summed E-state index contributed by atoms with van der Waals surface area (Å²) in [4.78, 5) is 23.8. The second-order valence-corrected chi connectivity index (χ2v) is 4.81.